The first-order valence-electron chi connectivity index (χ1n) is 9.03. The molecule has 0 unspecified atom stereocenters. The standard InChI is InChI=1S/C22H18ClN3O2S/c1-14-12-19(15(2)26(14)18-6-4-3-5-7-18)20(27)13-29-22-25-24-21(28-22)16-8-10-17(23)11-9-16/h3-12H,13H2,1-2H3. The van der Waals surface area contributed by atoms with E-state index in [1.54, 1.807) is 12.1 Å². The highest BCUT2D eigenvalue weighted by molar-refractivity contribution is 7.99. The third-order valence-corrected chi connectivity index (χ3v) is 5.64. The zero-order chi connectivity index (χ0) is 20.4. The van der Waals surface area contributed by atoms with E-state index in [4.69, 9.17) is 16.0 Å². The Kier molecular flexibility index (Phi) is 5.56. The fraction of sp³-hybridized carbons (Fsp3) is 0.136. The number of carbonyl (C=O) groups is 1. The molecule has 0 fully saturated rings. The number of hydrogen-bond donors (Lipinski definition) is 0. The Bertz CT molecular complexity index is 1150. The second kappa shape index (κ2) is 8.27. The highest BCUT2D eigenvalue weighted by Gasteiger charge is 2.18. The van der Waals surface area contributed by atoms with Gasteiger partial charge in [-0.2, -0.15) is 0 Å². The number of aryl methyl sites for hydroxylation is 1. The average molecular weight is 424 g/mol. The van der Waals surface area contributed by atoms with E-state index >= 15 is 0 Å². The van der Waals surface area contributed by atoms with Gasteiger partial charge in [0.15, 0.2) is 5.78 Å². The lowest BCUT2D eigenvalue weighted by molar-refractivity contribution is 0.102. The molecule has 0 aliphatic rings. The third kappa shape index (κ3) is 4.13. The molecule has 0 saturated carbocycles. The van der Waals surface area contributed by atoms with Gasteiger partial charge in [-0.05, 0) is 56.3 Å². The number of rotatable bonds is 6. The molecule has 29 heavy (non-hydrogen) atoms. The van der Waals surface area contributed by atoms with Crippen molar-refractivity contribution in [2.45, 2.75) is 19.1 Å². The lowest BCUT2D eigenvalue weighted by atomic mass is 10.2. The largest absolute Gasteiger partial charge is 0.411 e. The maximum absolute atomic E-state index is 12.8. The number of hydrogen-bond acceptors (Lipinski definition) is 5. The number of thioether (sulfide) groups is 1. The molecule has 0 aliphatic carbocycles. The minimum atomic E-state index is 0.0246. The Morgan fingerprint density at radius 1 is 1.07 bits per heavy atom. The summed E-state index contributed by atoms with van der Waals surface area (Å²) in [5.74, 6) is 0.650. The molecular weight excluding hydrogens is 406 g/mol. The van der Waals surface area contributed by atoms with Crippen LogP contribution in [0.3, 0.4) is 0 Å². The molecule has 2 aromatic carbocycles. The SMILES string of the molecule is Cc1cc(C(=O)CSc2nnc(-c3ccc(Cl)cc3)o2)c(C)n1-c1ccccc1. The van der Waals surface area contributed by atoms with Gasteiger partial charge in [0.1, 0.15) is 0 Å². The Morgan fingerprint density at radius 3 is 2.52 bits per heavy atom. The van der Waals surface area contributed by atoms with Crippen LogP contribution in [0.15, 0.2) is 70.3 Å². The summed E-state index contributed by atoms with van der Waals surface area (Å²) < 4.78 is 7.75. The van der Waals surface area contributed by atoms with Crippen LogP contribution in [0.1, 0.15) is 21.7 Å². The summed E-state index contributed by atoms with van der Waals surface area (Å²) in [6.07, 6.45) is 0. The van der Waals surface area contributed by atoms with Gasteiger partial charge >= 0.3 is 0 Å². The zero-order valence-electron chi connectivity index (χ0n) is 15.9. The van der Waals surface area contributed by atoms with Gasteiger partial charge in [-0.3, -0.25) is 4.79 Å². The zero-order valence-corrected chi connectivity index (χ0v) is 17.5. The second-order valence-corrected chi connectivity index (χ2v) is 7.91. The van der Waals surface area contributed by atoms with Crippen LogP contribution in [0.25, 0.3) is 17.1 Å². The van der Waals surface area contributed by atoms with Crippen molar-refractivity contribution in [3.05, 3.63) is 82.6 Å². The van der Waals surface area contributed by atoms with Crippen LogP contribution in [0.5, 0.6) is 0 Å². The summed E-state index contributed by atoms with van der Waals surface area (Å²) in [7, 11) is 0. The lowest BCUT2D eigenvalue weighted by Gasteiger charge is -2.09. The van der Waals surface area contributed by atoms with Gasteiger partial charge in [-0.15, -0.1) is 10.2 Å². The van der Waals surface area contributed by atoms with E-state index in [-0.39, 0.29) is 11.5 Å². The highest BCUT2D eigenvalue weighted by atomic mass is 35.5. The molecule has 0 bridgehead atoms. The van der Waals surface area contributed by atoms with E-state index in [0.717, 1.165) is 22.6 Å². The smallest absolute Gasteiger partial charge is 0.277 e. The van der Waals surface area contributed by atoms with Crippen molar-refractivity contribution in [2.75, 3.05) is 5.75 Å². The number of nitrogens with zero attached hydrogens (tertiary/aromatic N) is 3. The maximum atomic E-state index is 12.8. The minimum absolute atomic E-state index is 0.0246. The maximum Gasteiger partial charge on any atom is 0.277 e. The van der Waals surface area contributed by atoms with Crippen LogP contribution in [-0.2, 0) is 0 Å². The molecule has 7 heteroatoms. The van der Waals surface area contributed by atoms with Crippen molar-refractivity contribution < 1.29 is 9.21 Å². The van der Waals surface area contributed by atoms with Crippen molar-refractivity contribution in [1.29, 1.82) is 0 Å². The molecule has 4 rings (SSSR count). The molecule has 0 N–H and O–H groups in total. The predicted octanol–water partition coefficient (Wildman–Crippen LogP) is 5.77. The summed E-state index contributed by atoms with van der Waals surface area (Å²) in [6.45, 7) is 3.96. The van der Waals surface area contributed by atoms with E-state index in [0.29, 0.717) is 21.7 Å². The van der Waals surface area contributed by atoms with E-state index in [2.05, 4.69) is 14.8 Å². The van der Waals surface area contributed by atoms with Gasteiger partial charge in [0, 0.05) is 33.2 Å². The van der Waals surface area contributed by atoms with Crippen LogP contribution in [-0.4, -0.2) is 26.3 Å². The highest BCUT2D eigenvalue weighted by Crippen LogP contribution is 2.26. The van der Waals surface area contributed by atoms with Gasteiger partial charge in [0.05, 0.1) is 5.75 Å². The Hall–Kier alpha value is -2.83. The Labute approximate surface area is 177 Å². The molecule has 5 nitrogen and oxygen atoms in total. The number of halogens is 1. The topological polar surface area (TPSA) is 60.9 Å². The van der Waals surface area contributed by atoms with E-state index in [1.165, 1.54) is 11.8 Å². The van der Waals surface area contributed by atoms with Crippen LogP contribution in [0.4, 0.5) is 0 Å². The van der Waals surface area contributed by atoms with Gasteiger partial charge in [-0.1, -0.05) is 41.6 Å². The average Bonchev–Trinajstić information content (AvgIpc) is 3.32. The van der Waals surface area contributed by atoms with Crippen LogP contribution < -0.4 is 0 Å². The fourth-order valence-corrected chi connectivity index (χ4v) is 3.97. The van der Waals surface area contributed by atoms with Crippen molar-refractivity contribution >= 4 is 29.1 Å². The Morgan fingerprint density at radius 2 is 1.79 bits per heavy atom. The quantitative estimate of drug-likeness (QED) is 0.291. The number of benzene rings is 2. The molecule has 2 heterocycles. The molecule has 0 aliphatic heterocycles. The molecule has 0 atom stereocenters. The lowest BCUT2D eigenvalue weighted by Crippen LogP contribution is -2.05. The van der Waals surface area contributed by atoms with Crippen molar-refractivity contribution in [1.82, 2.24) is 14.8 Å². The first-order valence-corrected chi connectivity index (χ1v) is 10.4. The molecule has 0 saturated heterocycles. The van der Waals surface area contributed by atoms with E-state index < -0.39 is 0 Å². The summed E-state index contributed by atoms with van der Waals surface area (Å²) >= 11 is 7.14. The molecular formula is C22H18ClN3O2S. The normalized spacial score (nSPS) is 11.0. The van der Waals surface area contributed by atoms with Crippen molar-refractivity contribution in [2.24, 2.45) is 0 Å². The van der Waals surface area contributed by atoms with E-state index in [9.17, 15) is 4.79 Å². The minimum Gasteiger partial charge on any atom is -0.411 e. The second-order valence-electron chi connectivity index (χ2n) is 6.55. The molecule has 146 valence electrons. The summed E-state index contributed by atoms with van der Waals surface area (Å²) in [6, 6.07) is 19.1. The number of carbonyl (C=O) groups excluding carboxylic acids is 1. The molecule has 0 spiro atoms. The van der Waals surface area contributed by atoms with Crippen molar-refractivity contribution in [3.8, 4) is 17.1 Å². The van der Waals surface area contributed by atoms with Crippen molar-refractivity contribution in [3.63, 3.8) is 0 Å². The Balaban J connectivity index is 1.48. The first kappa shape index (κ1) is 19.5. The van der Waals surface area contributed by atoms with E-state index in [1.807, 2.05) is 62.4 Å². The van der Waals surface area contributed by atoms with Crippen LogP contribution >= 0.6 is 23.4 Å². The van der Waals surface area contributed by atoms with Gasteiger partial charge < -0.3 is 8.98 Å². The molecule has 0 radical (unpaired) electrons. The molecule has 4 aromatic rings. The predicted molar refractivity (Wildman–Crippen MR) is 115 cm³/mol. The summed E-state index contributed by atoms with van der Waals surface area (Å²) in [4.78, 5) is 12.8. The van der Waals surface area contributed by atoms with Crippen LogP contribution in [0.2, 0.25) is 5.02 Å². The van der Waals surface area contributed by atoms with Gasteiger partial charge in [0.2, 0.25) is 5.89 Å². The number of para-hydroxylation sites is 1. The summed E-state index contributed by atoms with van der Waals surface area (Å²) in [5.41, 5.74) is 4.47. The molecule has 2 aromatic heterocycles. The third-order valence-electron chi connectivity index (χ3n) is 4.57. The number of Topliss-reactive ketones (excluding diaryl/α,β-unsaturated/α-hetero) is 1. The number of ketones is 1. The van der Waals surface area contributed by atoms with Crippen LogP contribution in [0, 0.1) is 13.8 Å². The van der Waals surface area contributed by atoms with Gasteiger partial charge in [0.25, 0.3) is 5.22 Å². The number of aromatic nitrogens is 3. The first-order chi connectivity index (χ1) is 14.0. The fourth-order valence-electron chi connectivity index (χ4n) is 3.20. The van der Waals surface area contributed by atoms with Gasteiger partial charge in [-0.25, -0.2) is 0 Å². The summed E-state index contributed by atoms with van der Waals surface area (Å²) in [5, 5.41) is 9.08. The molecule has 0 amide bonds. The monoisotopic (exact) mass is 423 g/mol.